The van der Waals surface area contributed by atoms with Gasteiger partial charge in [-0.05, 0) is 0 Å². The first kappa shape index (κ1) is 5.43. The molecule has 1 aliphatic heterocycles. The van der Waals surface area contributed by atoms with Crippen LogP contribution < -0.4 is 5.32 Å². The zero-order valence-corrected chi connectivity index (χ0v) is 4.66. The van der Waals surface area contributed by atoms with Crippen LogP contribution in [-0.4, -0.2) is 21.1 Å². The van der Waals surface area contributed by atoms with Crippen molar-refractivity contribution in [1.82, 2.24) is 5.32 Å². The summed E-state index contributed by atoms with van der Waals surface area (Å²) in [6.07, 6.45) is 0. The molecule has 0 aromatic carbocycles. The maximum Gasteiger partial charge on any atom is 0.317 e. The smallest absolute Gasteiger partial charge is 0.317 e. The second-order valence-corrected chi connectivity index (χ2v) is 2.65. The predicted molar refractivity (Wildman–Crippen MR) is 26.5 cm³/mol. The fourth-order valence-corrected chi connectivity index (χ4v) is 0.992. The minimum absolute atomic E-state index is 0.0779. The lowest BCUT2D eigenvalue weighted by atomic mass is 10.7. The number of hydrogen-bond acceptors (Lipinski definition) is 3. The van der Waals surface area contributed by atoms with E-state index in [1.165, 1.54) is 0 Å². The average molecular weight is 133 g/mol. The van der Waals surface area contributed by atoms with Crippen molar-refractivity contribution in [1.29, 1.82) is 0 Å². The molecule has 0 saturated carbocycles. The molecule has 0 aromatic rings. The lowest BCUT2D eigenvalue weighted by Crippen LogP contribution is -2.13. The van der Waals surface area contributed by atoms with Gasteiger partial charge in [-0.2, -0.15) is 0 Å². The van der Waals surface area contributed by atoms with Crippen molar-refractivity contribution in [3.8, 4) is 0 Å². The SMILES string of the molecule is O=C1CNC(=O)S1=O. The number of carbonyl (C=O) groups is 2. The van der Waals surface area contributed by atoms with Crippen LogP contribution in [-0.2, 0) is 15.6 Å². The van der Waals surface area contributed by atoms with Crippen LogP contribution in [0.25, 0.3) is 0 Å². The summed E-state index contributed by atoms with van der Waals surface area (Å²) < 4.78 is 10.3. The highest BCUT2D eigenvalue weighted by molar-refractivity contribution is 8.14. The molecule has 0 bridgehead atoms. The highest BCUT2D eigenvalue weighted by Crippen LogP contribution is 1.93. The highest BCUT2D eigenvalue weighted by Gasteiger charge is 2.27. The molecule has 1 fully saturated rings. The Morgan fingerprint density at radius 2 is 2.12 bits per heavy atom. The fourth-order valence-electron chi connectivity index (χ4n) is 0.379. The molecule has 0 spiro atoms. The Hall–Kier alpha value is -0.710. The number of carbonyl (C=O) groups excluding carboxylic acids is 2. The van der Waals surface area contributed by atoms with E-state index in [-0.39, 0.29) is 6.54 Å². The molecule has 1 rings (SSSR count). The van der Waals surface area contributed by atoms with Crippen LogP contribution >= 0.6 is 0 Å². The highest BCUT2D eigenvalue weighted by atomic mass is 32.2. The van der Waals surface area contributed by atoms with Crippen molar-refractivity contribution in [3.63, 3.8) is 0 Å². The summed E-state index contributed by atoms with van der Waals surface area (Å²) in [5.74, 6) is 0. The summed E-state index contributed by atoms with van der Waals surface area (Å²) in [5, 5.41) is 0.927. The summed E-state index contributed by atoms with van der Waals surface area (Å²) in [4.78, 5) is 20.4. The molecule has 1 heterocycles. The van der Waals surface area contributed by atoms with Gasteiger partial charge in [-0.15, -0.1) is 0 Å². The normalized spacial score (nSPS) is 28.2. The van der Waals surface area contributed by atoms with Crippen molar-refractivity contribution >= 4 is 21.2 Å². The molecule has 1 saturated heterocycles. The maximum atomic E-state index is 10.3. The Balaban J connectivity index is 2.86. The lowest BCUT2D eigenvalue weighted by molar-refractivity contribution is -0.110. The third-order valence-corrected chi connectivity index (χ3v) is 1.79. The van der Waals surface area contributed by atoms with Crippen LogP contribution in [0.2, 0.25) is 0 Å². The van der Waals surface area contributed by atoms with Gasteiger partial charge in [0.05, 0.1) is 6.54 Å². The van der Waals surface area contributed by atoms with Gasteiger partial charge in [0.2, 0.25) is 5.12 Å². The molecule has 4 nitrogen and oxygen atoms in total. The molecule has 5 heteroatoms. The molecule has 44 valence electrons. The Morgan fingerprint density at radius 1 is 1.50 bits per heavy atom. The Bertz CT molecular complexity index is 157. The van der Waals surface area contributed by atoms with Crippen LogP contribution in [0.4, 0.5) is 4.79 Å². The third-order valence-electron chi connectivity index (χ3n) is 0.752. The van der Waals surface area contributed by atoms with E-state index in [0.29, 0.717) is 0 Å². The van der Waals surface area contributed by atoms with Crippen LogP contribution in [0, 0.1) is 0 Å². The zero-order valence-electron chi connectivity index (χ0n) is 3.84. The first-order valence-corrected chi connectivity index (χ1v) is 3.09. The van der Waals surface area contributed by atoms with Crippen LogP contribution in [0.3, 0.4) is 0 Å². The van der Waals surface area contributed by atoms with E-state index in [1.54, 1.807) is 0 Å². The third kappa shape index (κ3) is 0.645. The van der Waals surface area contributed by atoms with Crippen molar-refractivity contribution in [2.45, 2.75) is 0 Å². The average Bonchev–Trinajstić information content (AvgIpc) is 1.98. The van der Waals surface area contributed by atoms with Gasteiger partial charge >= 0.3 is 5.24 Å². The molecule has 1 unspecified atom stereocenters. The lowest BCUT2D eigenvalue weighted by Gasteiger charge is -1.76. The first-order chi connectivity index (χ1) is 3.72. The second kappa shape index (κ2) is 1.66. The molecule has 0 aliphatic carbocycles. The molecule has 1 N–H and O–H groups in total. The topological polar surface area (TPSA) is 63.2 Å². The van der Waals surface area contributed by atoms with Gasteiger partial charge < -0.3 is 5.32 Å². The van der Waals surface area contributed by atoms with E-state index in [4.69, 9.17) is 0 Å². The number of amides is 1. The molecule has 1 atom stereocenters. The number of nitrogens with one attached hydrogen (secondary N) is 1. The summed E-state index contributed by atoms with van der Waals surface area (Å²) in [6.45, 7) is -0.0779. The maximum absolute atomic E-state index is 10.3. The molecule has 8 heavy (non-hydrogen) atoms. The van der Waals surface area contributed by atoms with E-state index >= 15 is 0 Å². The van der Waals surface area contributed by atoms with Gasteiger partial charge in [0.25, 0.3) is 0 Å². The predicted octanol–water partition coefficient (Wildman–Crippen LogP) is -1.02. The Kier molecular flexibility index (Phi) is 1.13. The van der Waals surface area contributed by atoms with Crippen molar-refractivity contribution < 1.29 is 13.8 Å². The molecular weight excluding hydrogens is 130 g/mol. The van der Waals surface area contributed by atoms with Crippen molar-refractivity contribution in [3.05, 3.63) is 0 Å². The fraction of sp³-hybridized carbons (Fsp3) is 0.333. The van der Waals surface area contributed by atoms with Gasteiger partial charge in [-0.1, -0.05) is 0 Å². The summed E-state index contributed by atoms with van der Waals surface area (Å²) in [5.41, 5.74) is 0. The first-order valence-electron chi connectivity index (χ1n) is 1.94. The molecule has 0 radical (unpaired) electrons. The Labute approximate surface area is 47.7 Å². The summed E-state index contributed by atoms with van der Waals surface area (Å²) in [7, 11) is -1.90. The van der Waals surface area contributed by atoms with Crippen LogP contribution in [0.15, 0.2) is 0 Å². The summed E-state index contributed by atoms with van der Waals surface area (Å²) >= 11 is 0. The van der Waals surface area contributed by atoms with E-state index in [1.807, 2.05) is 0 Å². The van der Waals surface area contributed by atoms with Crippen LogP contribution in [0.5, 0.6) is 0 Å². The van der Waals surface area contributed by atoms with Gasteiger partial charge in [0, 0.05) is 0 Å². The van der Waals surface area contributed by atoms with Gasteiger partial charge in [-0.3, -0.25) is 9.59 Å². The van der Waals surface area contributed by atoms with E-state index in [0.717, 1.165) is 0 Å². The van der Waals surface area contributed by atoms with E-state index in [2.05, 4.69) is 5.32 Å². The number of hydrogen-bond donors (Lipinski definition) is 1. The molecule has 0 aromatic heterocycles. The quantitative estimate of drug-likeness (QED) is 0.460. The minimum atomic E-state index is -1.90. The summed E-state index contributed by atoms with van der Waals surface area (Å²) in [6, 6.07) is 0. The monoisotopic (exact) mass is 133 g/mol. The standard InChI is InChI=1S/C3H3NO3S/c5-2-1-4-3(6)8(2)7/h1H2,(H,4,6). The molecule has 1 amide bonds. The minimum Gasteiger partial charge on any atom is -0.336 e. The second-order valence-electron chi connectivity index (χ2n) is 1.28. The van der Waals surface area contributed by atoms with E-state index in [9.17, 15) is 13.8 Å². The zero-order chi connectivity index (χ0) is 6.15. The largest absolute Gasteiger partial charge is 0.336 e. The molecular formula is C3H3NO3S. The van der Waals surface area contributed by atoms with Gasteiger partial charge in [0.1, 0.15) is 0 Å². The van der Waals surface area contributed by atoms with Gasteiger partial charge in [0.15, 0.2) is 10.8 Å². The van der Waals surface area contributed by atoms with E-state index < -0.39 is 21.2 Å². The molecule has 1 aliphatic rings. The Morgan fingerprint density at radius 3 is 2.25 bits per heavy atom. The number of rotatable bonds is 0. The van der Waals surface area contributed by atoms with Crippen LogP contribution in [0.1, 0.15) is 0 Å². The van der Waals surface area contributed by atoms with Crippen molar-refractivity contribution in [2.75, 3.05) is 6.54 Å². The van der Waals surface area contributed by atoms with Gasteiger partial charge in [-0.25, -0.2) is 4.21 Å². The van der Waals surface area contributed by atoms with Crippen molar-refractivity contribution in [2.24, 2.45) is 0 Å².